The molecule has 1 unspecified atom stereocenters. The van der Waals surface area contributed by atoms with Crippen LogP contribution in [0.15, 0.2) is 54.6 Å². The summed E-state index contributed by atoms with van der Waals surface area (Å²) in [7, 11) is 0. The average molecular weight is 367 g/mol. The molecule has 2 aromatic carbocycles. The van der Waals surface area contributed by atoms with Gasteiger partial charge in [0.05, 0.1) is 0 Å². The van der Waals surface area contributed by atoms with Crippen LogP contribution in [-0.4, -0.2) is 28.2 Å². The van der Waals surface area contributed by atoms with E-state index in [-0.39, 0.29) is 5.91 Å². The molecule has 1 atom stereocenters. The van der Waals surface area contributed by atoms with Crippen LogP contribution in [-0.2, 0) is 0 Å². The Morgan fingerprint density at radius 3 is 2.32 bits per heavy atom. The number of hydrogen-bond acceptors (Lipinski definition) is 1. The first kappa shape index (κ1) is 14.1. The van der Waals surface area contributed by atoms with Crippen LogP contribution < -0.4 is 5.32 Å². The number of rotatable bonds is 4. The van der Waals surface area contributed by atoms with Gasteiger partial charge < -0.3 is 0 Å². The van der Waals surface area contributed by atoms with Crippen LogP contribution in [0.1, 0.15) is 28.8 Å². The fourth-order valence-corrected chi connectivity index (χ4v) is 2.39. The van der Waals surface area contributed by atoms with Gasteiger partial charge in [0.2, 0.25) is 0 Å². The predicted molar refractivity (Wildman–Crippen MR) is 81.2 cm³/mol. The number of hydrogen-bond donors (Lipinski definition) is 1. The Bertz CT molecular complexity index is 536. The van der Waals surface area contributed by atoms with Crippen molar-refractivity contribution < 1.29 is 4.79 Å². The molecule has 0 fully saturated rings. The summed E-state index contributed by atoms with van der Waals surface area (Å²) in [5.41, 5.74) is 2.80. The van der Waals surface area contributed by atoms with Gasteiger partial charge in [0.1, 0.15) is 0 Å². The normalized spacial score (nSPS) is 11.9. The van der Waals surface area contributed by atoms with E-state index in [9.17, 15) is 4.79 Å². The molecule has 0 aromatic heterocycles. The average Bonchev–Trinajstić information content (AvgIpc) is 2.47. The summed E-state index contributed by atoms with van der Waals surface area (Å²) >= 11 is 1.82. The third kappa shape index (κ3) is 3.83. The molecule has 2 aromatic rings. The Kier molecular flexibility index (Phi) is 5.01. The predicted octanol–water partition coefficient (Wildman–Crippen LogP) is 3.36. The van der Waals surface area contributed by atoms with Crippen molar-refractivity contribution in [3.05, 3.63) is 65.7 Å². The number of carbonyl (C=O) groups is 1. The van der Waals surface area contributed by atoms with E-state index >= 15 is 0 Å². The monoisotopic (exact) mass is 369 g/mol. The van der Waals surface area contributed by atoms with Gasteiger partial charge >= 0.3 is 127 Å². The Labute approximate surface area is 127 Å². The standard InChI is InChI=1S/C16H17NOTe/c1-12(11-19)13-7-9-14(10-8-13)16(18)17-15-5-3-2-4-6-15/h2-10,12,19H,11H2,1H3,(H,17,18). The second-order valence-electron chi connectivity index (χ2n) is 4.53. The van der Waals surface area contributed by atoms with Gasteiger partial charge in [0.25, 0.3) is 0 Å². The summed E-state index contributed by atoms with van der Waals surface area (Å²) in [6.45, 7) is 2.21. The summed E-state index contributed by atoms with van der Waals surface area (Å²) in [5, 5.41) is 2.88. The molecule has 0 bridgehead atoms. The fourth-order valence-electron chi connectivity index (χ4n) is 1.79. The molecule has 0 saturated carbocycles. The number of carbonyl (C=O) groups excluding carboxylic acids is 1. The second-order valence-corrected chi connectivity index (χ2v) is 5.57. The van der Waals surface area contributed by atoms with E-state index in [0.717, 1.165) is 10.2 Å². The molecule has 3 heteroatoms. The van der Waals surface area contributed by atoms with Crippen LogP contribution in [0.4, 0.5) is 5.69 Å². The van der Waals surface area contributed by atoms with E-state index in [0.29, 0.717) is 11.5 Å². The van der Waals surface area contributed by atoms with Crippen LogP contribution in [0.25, 0.3) is 0 Å². The summed E-state index contributed by atoms with van der Waals surface area (Å²) in [5.74, 6) is 0.491. The molecule has 2 rings (SSSR count). The van der Waals surface area contributed by atoms with Crippen molar-refractivity contribution in [2.24, 2.45) is 0 Å². The summed E-state index contributed by atoms with van der Waals surface area (Å²) in [6, 6.07) is 17.4. The summed E-state index contributed by atoms with van der Waals surface area (Å²) in [6.07, 6.45) is 0. The molecule has 98 valence electrons. The Hall–Kier alpha value is -1.30. The molecule has 0 radical (unpaired) electrons. The van der Waals surface area contributed by atoms with E-state index in [2.05, 4.69) is 12.2 Å². The van der Waals surface area contributed by atoms with E-state index < -0.39 is 0 Å². The molecular weight excluding hydrogens is 350 g/mol. The Balaban J connectivity index is 2.08. The van der Waals surface area contributed by atoms with Crippen LogP contribution in [0, 0.1) is 0 Å². The quantitative estimate of drug-likeness (QED) is 0.826. The number of amides is 1. The zero-order valence-corrected chi connectivity index (χ0v) is 13.4. The zero-order chi connectivity index (χ0) is 13.7. The van der Waals surface area contributed by atoms with E-state index in [1.54, 1.807) is 0 Å². The maximum absolute atomic E-state index is 12.1. The Morgan fingerprint density at radius 2 is 1.74 bits per heavy atom. The number of benzene rings is 2. The maximum atomic E-state index is 12.1. The molecule has 0 aliphatic rings. The van der Waals surface area contributed by atoms with Crippen molar-refractivity contribution in [1.82, 2.24) is 0 Å². The van der Waals surface area contributed by atoms with Gasteiger partial charge in [-0.05, 0) is 0 Å². The third-order valence-electron chi connectivity index (χ3n) is 3.05. The van der Waals surface area contributed by atoms with Crippen LogP contribution in [0.3, 0.4) is 0 Å². The summed E-state index contributed by atoms with van der Waals surface area (Å²) in [4.78, 5) is 12.1. The molecule has 1 N–H and O–H groups in total. The van der Waals surface area contributed by atoms with Gasteiger partial charge in [-0.15, -0.1) is 0 Å². The van der Waals surface area contributed by atoms with Crippen LogP contribution >= 0.6 is 0 Å². The van der Waals surface area contributed by atoms with Gasteiger partial charge in [0, 0.05) is 0 Å². The first-order valence-electron chi connectivity index (χ1n) is 6.28. The van der Waals surface area contributed by atoms with Crippen molar-refractivity contribution in [3.8, 4) is 0 Å². The van der Waals surface area contributed by atoms with Gasteiger partial charge in [-0.25, -0.2) is 0 Å². The minimum atomic E-state index is -0.0646. The number of nitrogens with one attached hydrogen (secondary N) is 1. The number of para-hydroxylation sites is 1. The third-order valence-corrected chi connectivity index (χ3v) is 4.61. The topological polar surface area (TPSA) is 29.1 Å². The van der Waals surface area contributed by atoms with Crippen molar-refractivity contribution in [3.63, 3.8) is 0 Å². The molecule has 2 nitrogen and oxygen atoms in total. The van der Waals surface area contributed by atoms with Crippen LogP contribution in [0.5, 0.6) is 0 Å². The zero-order valence-electron chi connectivity index (χ0n) is 10.8. The van der Waals surface area contributed by atoms with Crippen molar-refractivity contribution in [1.29, 1.82) is 0 Å². The van der Waals surface area contributed by atoms with Gasteiger partial charge in [-0.3, -0.25) is 0 Å². The molecule has 1 amide bonds. The van der Waals surface area contributed by atoms with Gasteiger partial charge in [-0.2, -0.15) is 0 Å². The SMILES string of the molecule is CC(C[TeH])c1ccc(C(=O)Nc2ccccc2)cc1. The first-order chi connectivity index (χ1) is 9.20. The molecular formula is C16H17NOTe. The van der Waals surface area contributed by atoms with E-state index in [4.69, 9.17) is 0 Å². The molecule has 19 heavy (non-hydrogen) atoms. The van der Waals surface area contributed by atoms with E-state index in [1.165, 1.54) is 5.56 Å². The van der Waals surface area contributed by atoms with Crippen molar-refractivity contribution in [2.75, 3.05) is 5.32 Å². The van der Waals surface area contributed by atoms with Crippen molar-refractivity contribution in [2.45, 2.75) is 17.3 Å². The molecule has 0 heterocycles. The summed E-state index contributed by atoms with van der Waals surface area (Å²) < 4.78 is 1.16. The van der Waals surface area contributed by atoms with Crippen molar-refractivity contribution >= 4 is 33.9 Å². The number of anilines is 1. The minimum absolute atomic E-state index is 0.0646. The van der Waals surface area contributed by atoms with Gasteiger partial charge in [-0.1, -0.05) is 0 Å². The van der Waals surface area contributed by atoms with E-state index in [1.807, 2.05) is 76.9 Å². The molecule has 0 aliphatic carbocycles. The molecule has 0 saturated heterocycles. The first-order valence-corrected chi connectivity index (χ1v) is 8.08. The van der Waals surface area contributed by atoms with Gasteiger partial charge in [0.15, 0.2) is 0 Å². The second kappa shape index (κ2) is 6.75. The molecule has 0 aliphatic heterocycles. The van der Waals surface area contributed by atoms with Crippen LogP contribution in [0.2, 0.25) is 4.47 Å². The molecule has 0 spiro atoms. The fraction of sp³-hybridized carbons (Fsp3) is 0.188. The Morgan fingerprint density at radius 1 is 1.11 bits per heavy atom.